The van der Waals surface area contributed by atoms with E-state index < -0.39 is 31.0 Å². The second-order valence-electron chi connectivity index (χ2n) is 4.21. The van der Waals surface area contributed by atoms with Crippen molar-refractivity contribution in [3.63, 3.8) is 0 Å². The van der Waals surface area contributed by atoms with Gasteiger partial charge in [-0.2, -0.15) is 0 Å². The van der Waals surface area contributed by atoms with Crippen molar-refractivity contribution in [3.8, 4) is 11.5 Å². The molecule has 9 nitrogen and oxygen atoms in total. The number of nitrogens with zero attached hydrogens (tertiary/aromatic N) is 1. The summed E-state index contributed by atoms with van der Waals surface area (Å²) in [5.41, 5.74) is 5.36. The van der Waals surface area contributed by atoms with E-state index in [0.717, 1.165) is 4.90 Å². The number of carboxylic acid groups (broad SMARTS) is 1. The quantitative estimate of drug-likeness (QED) is 0.690. The van der Waals surface area contributed by atoms with Crippen LogP contribution in [0.2, 0.25) is 0 Å². The Hall–Kier alpha value is -2.97. The average molecular weight is 295 g/mol. The molecule has 3 amide bonds. The summed E-state index contributed by atoms with van der Waals surface area (Å²) in [4.78, 5) is 34.3. The molecule has 0 unspecified atom stereocenters. The second kappa shape index (κ2) is 5.99. The first kappa shape index (κ1) is 14.4. The van der Waals surface area contributed by atoms with Crippen molar-refractivity contribution in [2.45, 2.75) is 0 Å². The summed E-state index contributed by atoms with van der Waals surface area (Å²) in [7, 11) is 0. The highest BCUT2D eigenvalue weighted by Gasteiger charge is 2.20. The molecule has 1 aromatic rings. The summed E-state index contributed by atoms with van der Waals surface area (Å²) in [5.74, 6) is -1.05. The molecule has 0 saturated heterocycles. The molecule has 0 aliphatic carbocycles. The smallest absolute Gasteiger partial charge is 0.323 e. The molecule has 4 N–H and O–H groups in total. The van der Waals surface area contributed by atoms with Gasteiger partial charge < -0.3 is 30.5 Å². The predicted octanol–water partition coefficient (Wildman–Crippen LogP) is -0.181. The first-order valence-corrected chi connectivity index (χ1v) is 5.91. The van der Waals surface area contributed by atoms with Crippen molar-refractivity contribution in [1.29, 1.82) is 0 Å². The zero-order chi connectivity index (χ0) is 15.4. The van der Waals surface area contributed by atoms with Crippen LogP contribution in [0.15, 0.2) is 18.2 Å². The van der Waals surface area contributed by atoms with Crippen molar-refractivity contribution < 1.29 is 29.0 Å². The normalized spacial score (nSPS) is 11.8. The summed E-state index contributed by atoms with van der Waals surface area (Å²) in [5, 5.41) is 11.2. The van der Waals surface area contributed by atoms with Crippen molar-refractivity contribution in [2.75, 3.05) is 25.2 Å². The number of aliphatic carboxylic acids is 1. The Balaban J connectivity index is 2.07. The number of nitrogens with one attached hydrogen (secondary N) is 1. The number of hydrogen-bond donors (Lipinski definition) is 3. The fourth-order valence-corrected chi connectivity index (χ4v) is 1.73. The van der Waals surface area contributed by atoms with Gasteiger partial charge in [-0.25, -0.2) is 4.79 Å². The minimum atomic E-state index is -1.25. The molecule has 0 saturated carbocycles. The molecule has 2 rings (SSSR count). The number of anilines is 1. The zero-order valence-electron chi connectivity index (χ0n) is 10.9. The maximum Gasteiger partial charge on any atom is 0.323 e. The molecule has 1 aliphatic heterocycles. The lowest BCUT2D eigenvalue weighted by Crippen LogP contribution is -2.43. The van der Waals surface area contributed by atoms with E-state index in [1.165, 1.54) is 6.07 Å². The van der Waals surface area contributed by atoms with Gasteiger partial charge in [-0.1, -0.05) is 0 Å². The third-order valence-electron chi connectivity index (χ3n) is 2.58. The molecular weight excluding hydrogens is 282 g/mol. The van der Waals surface area contributed by atoms with Gasteiger partial charge in [0.15, 0.2) is 11.5 Å². The van der Waals surface area contributed by atoms with Gasteiger partial charge in [0.1, 0.15) is 13.1 Å². The van der Waals surface area contributed by atoms with E-state index in [1.54, 1.807) is 12.1 Å². The minimum absolute atomic E-state index is 0.0968. The van der Waals surface area contributed by atoms with Crippen molar-refractivity contribution in [2.24, 2.45) is 5.73 Å². The summed E-state index contributed by atoms with van der Waals surface area (Å²) < 4.78 is 10.3. The molecule has 1 aliphatic rings. The molecular formula is C12H13N3O6. The number of carbonyl (C=O) groups excluding carboxylic acids is 2. The molecule has 0 atom stereocenters. The van der Waals surface area contributed by atoms with Gasteiger partial charge in [0.2, 0.25) is 12.7 Å². The summed E-state index contributed by atoms with van der Waals surface area (Å²) in [6.07, 6.45) is 0. The number of benzene rings is 1. The molecule has 0 bridgehead atoms. The number of amides is 3. The van der Waals surface area contributed by atoms with Crippen LogP contribution in [0.1, 0.15) is 0 Å². The number of primary amides is 1. The van der Waals surface area contributed by atoms with Crippen LogP contribution < -0.4 is 20.5 Å². The van der Waals surface area contributed by atoms with Crippen molar-refractivity contribution >= 4 is 23.6 Å². The summed E-state index contributed by atoms with van der Waals surface area (Å²) >= 11 is 0. The molecule has 1 heterocycles. The van der Waals surface area contributed by atoms with Crippen LogP contribution in [0.4, 0.5) is 10.5 Å². The number of urea groups is 1. The Bertz CT molecular complexity index is 572. The Kier molecular flexibility index (Phi) is 4.12. The highest BCUT2D eigenvalue weighted by Crippen LogP contribution is 2.34. The third-order valence-corrected chi connectivity index (χ3v) is 2.58. The molecule has 1 aromatic carbocycles. The fourth-order valence-electron chi connectivity index (χ4n) is 1.73. The van der Waals surface area contributed by atoms with Crippen LogP contribution in [0.5, 0.6) is 11.5 Å². The van der Waals surface area contributed by atoms with Gasteiger partial charge in [-0.05, 0) is 12.1 Å². The zero-order valence-corrected chi connectivity index (χ0v) is 10.9. The maximum absolute atomic E-state index is 12.0. The lowest BCUT2D eigenvalue weighted by molar-refractivity contribution is -0.137. The second-order valence-corrected chi connectivity index (χ2v) is 4.21. The molecule has 112 valence electrons. The van der Waals surface area contributed by atoms with Crippen LogP contribution in [-0.4, -0.2) is 47.8 Å². The lowest BCUT2D eigenvalue weighted by Gasteiger charge is -2.19. The Morgan fingerprint density at radius 3 is 2.62 bits per heavy atom. The van der Waals surface area contributed by atoms with Crippen molar-refractivity contribution in [1.82, 2.24) is 4.90 Å². The van der Waals surface area contributed by atoms with Gasteiger partial charge in [0, 0.05) is 11.8 Å². The largest absolute Gasteiger partial charge is 0.480 e. The van der Waals surface area contributed by atoms with Crippen molar-refractivity contribution in [3.05, 3.63) is 18.2 Å². The van der Waals surface area contributed by atoms with E-state index in [4.69, 9.17) is 20.3 Å². The third kappa shape index (κ3) is 3.75. The van der Waals surface area contributed by atoms with Gasteiger partial charge in [-0.3, -0.25) is 9.59 Å². The Morgan fingerprint density at radius 1 is 1.24 bits per heavy atom. The monoisotopic (exact) mass is 295 g/mol. The summed E-state index contributed by atoms with van der Waals surface area (Å²) in [6.45, 7) is -1.04. The van der Waals surface area contributed by atoms with E-state index in [9.17, 15) is 14.4 Å². The number of fused-ring (bicyclic) bond motifs is 1. The standard InChI is InChI=1S/C12H13N3O6/c13-10(16)4-15(5-11(17)18)12(19)14-7-1-2-8-9(3-7)21-6-20-8/h1-3H,4-6H2,(H2,13,16)(H,14,19)(H,17,18). The summed E-state index contributed by atoms with van der Waals surface area (Å²) in [6, 6.07) is 3.95. The number of hydrogen-bond acceptors (Lipinski definition) is 5. The number of carboxylic acids is 1. The molecule has 21 heavy (non-hydrogen) atoms. The fraction of sp³-hybridized carbons (Fsp3) is 0.250. The topological polar surface area (TPSA) is 131 Å². The SMILES string of the molecule is NC(=O)CN(CC(=O)O)C(=O)Nc1ccc2c(c1)OCO2. The van der Waals surface area contributed by atoms with Gasteiger partial charge in [-0.15, -0.1) is 0 Å². The average Bonchev–Trinajstić information content (AvgIpc) is 2.84. The number of nitrogens with two attached hydrogens (primary N) is 1. The van der Waals surface area contributed by atoms with E-state index in [0.29, 0.717) is 17.2 Å². The number of ether oxygens (including phenoxy) is 2. The lowest BCUT2D eigenvalue weighted by atomic mass is 10.3. The predicted molar refractivity (Wildman–Crippen MR) is 70.0 cm³/mol. The van der Waals surface area contributed by atoms with Crippen LogP contribution in [-0.2, 0) is 9.59 Å². The maximum atomic E-state index is 12.0. The molecule has 0 fully saturated rings. The first-order chi connectivity index (χ1) is 9.95. The molecule has 9 heteroatoms. The Morgan fingerprint density at radius 2 is 1.95 bits per heavy atom. The van der Waals surface area contributed by atoms with Gasteiger partial charge in [0.05, 0.1) is 0 Å². The first-order valence-electron chi connectivity index (χ1n) is 5.91. The van der Waals surface area contributed by atoms with Gasteiger partial charge in [0.25, 0.3) is 0 Å². The van der Waals surface area contributed by atoms with E-state index in [1.807, 2.05) is 0 Å². The van der Waals surface area contributed by atoms with E-state index in [2.05, 4.69) is 5.32 Å². The molecule has 0 aromatic heterocycles. The van der Waals surface area contributed by atoms with E-state index >= 15 is 0 Å². The van der Waals surface area contributed by atoms with Crippen LogP contribution in [0.25, 0.3) is 0 Å². The minimum Gasteiger partial charge on any atom is -0.480 e. The number of carbonyl (C=O) groups is 3. The van der Waals surface area contributed by atoms with Gasteiger partial charge >= 0.3 is 12.0 Å². The van der Waals surface area contributed by atoms with Crippen LogP contribution >= 0.6 is 0 Å². The number of rotatable bonds is 5. The molecule has 0 spiro atoms. The highest BCUT2D eigenvalue weighted by molar-refractivity contribution is 5.94. The molecule has 0 radical (unpaired) electrons. The van der Waals surface area contributed by atoms with E-state index in [-0.39, 0.29) is 6.79 Å². The Labute approximate surface area is 119 Å². The van der Waals surface area contributed by atoms with Crippen LogP contribution in [0, 0.1) is 0 Å². The van der Waals surface area contributed by atoms with Crippen LogP contribution in [0.3, 0.4) is 0 Å². The highest BCUT2D eigenvalue weighted by atomic mass is 16.7.